The van der Waals surface area contributed by atoms with Gasteiger partial charge in [-0.3, -0.25) is 11.3 Å². The Morgan fingerprint density at radius 2 is 1.90 bits per heavy atom. The first-order valence-corrected chi connectivity index (χ1v) is 7.03. The summed E-state index contributed by atoms with van der Waals surface area (Å²) in [6, 6.07) is 8.98. The highest BCUT2D eigenvalue weighted by Crippen LogP contribution is 2.24. The fourth-order valence-electron chi connectivity index (χ4n) is 1.90. The van der Waals surface area contributed by atoms with Crippen LogP contribution in [0.1, 0.15) is 17.2 Å². The zero-order valence-electron chi connectivity index (χ0n) is 10.3. The number of hydrogen-bond donors (Lipinski definition) is 2. The van der Waals surface area contributed by atoms with Crippen molar-refractivity contribution in [3.8, 4) is 0 Å². The van der Waals surface area contributed by atoms with Gasteiger partial charge in [-0.2, -0.15) is 0 Å². The van der Waals surface area contributed by atoms with E-state index in [1.54, 1.807) is 18.2 Å². The van der Waals surface area contributed by atoms with Gasteiger partial charge in [0.05, 0.1) is 15.5 Å². The minimum atomic E-state index is -0.484. The number of rotatable bonds is 4. The van der Waals surface area contributed by atoms with Crippen molar-refractivity contribution in [1.82, 2.24) is 5.43 Å². The lowest BCUT2D eigenvalue weighted by Gasteiger charge is -2.17. The highest BCUT2D eigenvalue weighted by atomic mass is 79.9. The molecule has 3 N–H and O–H groups in total. The molecule has 0 aliphatic rings. The van der Waals surface area contributed by atoms with Crippen LogP contribution in [0.2, 0.25) is 5.02 Å². The summed E-state index contributed by atoms with van der Waals surface area (Å²) in [6.07, 6.45) is 0.422. The Kier molecular flexibility index (Phi) is 5.10. The molecule has 0 saturated heterocycles. The summed E-state index contributed by atoms with van der Waals surface area (Å²) in [4.78, 5) is 0. The standard InChI is InChI=1S/C14H12BrClF2N2/c15-10-3-2-9(7-12(10)17)14(20-19)6-8-1-4-11(16)13(18)5-8/h1-5,7,14,20H,6,19H2. The number of hydrogen-bond acceptors (Lipinski definition) is 2. The summed E-state index contributed by atoms with van der Waals surface area (Å²) in [5.74, 6) is 4.65. The molecular weight excluding hydrogens is 350 g/mol. The topological polar surface area (TPSA) is 38.0 Å². The molecule has 20 heavy (non-hydrogen) atoms. The van der Waals surface area contributed by atoms with Gasteiger partial charge in [0.25, 0.3) is 0 Å². The monoisotopic (exact) mass is 360 g/mol. The molecule has 0 amide bonds. The largest absolute Gasteiger partial charge is 0.271 e. The van der Waals surface area contributed by atoms with Gasteiger partial charge in [-0.05, 0) is 57.7 Å². The molecule has 0 saturated carbocycles. The normalized spacial score (nSPS) is 12.4. The third kappa shape index (κ3) is 3.55. The van der Waals surface area contributed by atoms with Gasteiger partial charge in [0.2, 0.25) is 0 Å². The molecule has 0 heterocycles. The zero-order chi connectivity index (χ0) is 14.7. The molecule has 0 fully saturated rings. The second-order valence-corrected chi connectivity index (χ2v) is 5.61. The SMILES string of the molecule is NNC(Cc1ccc(Cl)c(F)c1)c1ccc(Br)c(F)c1. The molecule has 2 nitrogen and oxygen atoms in total. The number of nitrogens with two attached hydrogens (primary N) is 1. The van der Waals surface area contributed by atoms with Gasteiger partial charge in [0, 0.05) is 0 Å². The smallest absolute Gasteiger partial charge is 0.142 e. The van der Waals surface area contributed by atoms with E-state index in [2.05, 4.69) is 21.4 Å². The van der Waals surface area contributed by atoms with E-state index in [4.69, 9.17) is 17.4 Å². The minimum Gasteiger partial charge on any atom is -0.271 e. The Balaban J connectivity index is 2.23. The van der Waals surface area contributed by atoms with Crippen LogP contribution in [0.15, 0.2) is 40.9 Å². The number of nitrogens with one attached hydrogen (secondary N) is 1. The van der Waals surface area contributed by atoms with Gasteiger partial charge in [-0.15, -0.1) is 0 Å². The van der Waals surface area contributed by atoms with Crippen LogP contribution in [-0.4, -0.2) is 0 Å². The van der Waals surface area contributed by atoms with Crippen molar-refractivity contribution in [3.63, 3.8) is 0 Å². The Morgan fingerprint density at radius 3 is 2.50 bits per heavy atom. The second-order valence-electron chi connectivity index (χ2n) is 4.35. The first kappa shape index (κ1) is 15.4. The molecule has 0 aliphatic carbocycles. The minimum absolute atomic E-state index is 0.0701. The van der Waals surface area contributed by atoms with Crippen LogP contribution in [0, 0.1) is 11.6 Å². The molecule has 1 atom stereocenters. The maximum atomic E-state index is 13.5. The Hall–Kier alpha value is -1.01. The van der Waals surface area contributed by atoms with Crippen molar-refractivity contribution in [3.05, 3.63) is 68.7 Å². The Labute approximate surface area is 129 Å². The van der Waals surface area contributed by atoms with Crippen LogP contribution in [-0.2, 0) is 6.42 Å². The maximum Gasteiger partial charge on any atom is 0.142 e. The van der Waals surface area contributed by atoms with E-state index in [1.165, 1.54) is 18.2 Å². The van der Waals surface area contributed by atoms with E-state index >= 15 is 0 Å². The number of halogens is 4. The molecule has 0 radical (unpaired) electrons. The summed E-state index contributed by atoms with van der Waals surface area (Å²) in [5.41, 5.74) is 4.01. The van der Waals surface area contributed by atoms with E-state index in [9.17, 15) is 8.78 Å². The number of benzene rings is 2. The first-order chi connectivity index (χ1) is 9.51. The lowest BCUT2D eigenvalue weighted by atomic mass is 9.99. The van der Waals surface area contributed by atoms with Crippen molar-refractivity contribution in [1.29, 1.82) is 0 Å². The summed E-state index contributed by atoms with van der Waals surface area (Å²) in [7, 11) is 0. The van der Waals surface area contributed by atoms with Gasteiger partial charge in [0.1, 0.15) is 11.6 Å². The van der Waals surface area contributed by atoms with Crippen molar-refractivity contribution < 1.29 is 8.78 Å². The lowest BCUT2D eigenvalue weighted by molar-refractivity contribution is 0.541. The summed E-state index contributed by atoms with van der Waals surface area (Å²) in [6.45, 7) is 0. The average molecular weight is 362 g/mol. The van der Waals surface area contributed by atoms with Gasteiger partial charge in [0.15, 0.2) is 0 Å². The molecule has 0 aliphatic heterocycles. The Bertz CT molecular complexity index is 622. The molecule has 0 aromatic heterocycles. The van der Waals surface area contributed by atoms with Gasteiger partial charge < -0.3 is 0 Å². The molecule has 2 aromatic carbocycles. The summed E-state index contributed by atoms with van der Waals surface area (Å²) < 4.78 is 27.3. The zero-order valence-corrected chi connectivity index (χ0v) is 12.7. The fraction of sp³-hybridized carbons (Fsp3) is 0.143. The van der Waals surface area contributed by atoms with Gasteiger partial charge >= 0.3 is 0 Å². The molecule has 1 unspecified atom stereocenters. The van der Waals surface area contributed by atoms with E-state index in [-0.39, 0.29) is 16.9 Å². The van der Waals surface area contributed by atoms with Crippen LogP contribution in [0.3, 0.4) is 0 Å². The number of hydrazine groups is 1. The molecule has 2 aromatic rings. The van der Waals surface area contributed by atoms with Crippen LogP contribution in [0.5, 0.6) is 0 Å². The van der Waals surface area contributed by atoms with E-state index in [0.29, 0.717) is 16.5 Å². The summed E-state index contributed by atoms with van der Waals surface area (Å²) in [5, 5.41) is 0.0701. The van der Waals surface area contributed by atoms with E-state index in [0.717, 1.165) is 5.56 Å². The molecular formula is C14H12BrClF2N2. The average Bonchev–Trinajstić information content (AvgIpc) is 2.43. The van der Waals surface area contributed by atoms with Crippen molar-refractivity contribution in [2.24, 2.45) is 5.84 Å². The maximum absolute atomic E-state index is 13.5. The van der Waals surface area contributed by atoms with E-state index < -0.39 is 5.82 Å². The van der Waals surface area contributed by atoms with Crippen molar-refractivity contribution in [2.45, 2.75) is 12.5 Å². The van der Waals surface area contributed by atoms with Crippen molar-refractivity contribution in [2.75, 3.05) is 0 Å². The predicted octanol–water partition coefficient (Wildman–Crippen LogP) is 4.13. The Morgan fingerprint density at radius 1 is 1.15 bits per heavy atom. The molecule has 0 bridgehead atoms. The van der Waals surface area contributed by atoms with E-state index in [1.807, 2.05) is 0 Å². The van der Waals surface area contributed by atoms with Crippen LogP contribution >= 0.6 is 27.5 Å². The highest BCUT2D eigenvalue weighted by Gasteiger charge is 2.13. The quantitative estimate of drug-likeness (QED) is 0.635. The molecule has 6 heteroatoms. The lowest BCUT2D eigenvalue weighted by Crippen LogP contribution is -2.29. The molecule has 0 spiro atoms. The summed E-state index contributed by atoms with van der Waals surface area (Å²) >= 11 is 8.73. The van der Waals surface area contributed by atoms with Crippen LogP contribution < -0.4 is 11.3 Å². The predicted molar refractivity (Wildman–Crippen MR) is 79.3 cm³/mol. The van der Waals surface area contributed by atoms with Gasteiger partial charge in [-0.1, -0.05) is 23.7 Å². The first-order valence-electron chi connectivity index (χ1n) is 5.86. The third-order valence-corrected chi connectivity index (χ3v) is 3.92. The highest BCUT2D eigenvalue weighted by molar-refractivity contribution is 9.10. The van der Waals surface area contributed by atoms with Crippen LogP contribution in [0.25, 0.3) is 0 Å². The molecule has 2 rings (SSSR count). The fourth-order valence-corrected chi connectivity index (χ4v) is 2.27. The molecule has 106 valence electrons. The second kappa shape index (κ2) is 6.63. The van der Waals surface area contributed by atoms with Crippen molar-refractivity contribution >= 4 is 27.5 Å². The van der Waals surface area contributed by atoms with Crippen LogP contribution in [0.4, 0.5) is 8.78 Å². The van der Waals surface area contributed by atoms with Gasteiger partial charge in [-0.25, -0.2) is 8.78 Å². The third-order valence-electron chi connectivity index (χ3n) is 2.97.